The SMILES string of the molecule is CC(C)C(=O)O.O=C(O)O. The van der Waals surface area contributed by atoms with Gasteiger partial charge in [-0.15, -0.1) is 0 Å². The van der Waals surface area contributed by atoms with Crippen molar-refractivity contribution < 1.29 is 24.9 Å². The Balaban J connectivity index is 0. The van der Waals surface area contributed by atoms with Crippen molar-refractivity contribution >= 4 is 12.1 Å². The molecular weight excluding hydrogens is 140 g/mol. The van der Waals surface area contributed by atoms with Crippen LogP contribution in [-0.4, -0.2) is 27.4 Å². The number of carbonyl (C=O) groups is 2. The van der Waals surface area contributed by atoms with Gasteiger partial charge in [-0.25, -0.2) is 4.79 Å². The van der Waals surface area contributed by atoms with Gasteiger partial charge in [0.25, 0.3) is 0 Å². The van der Waals surface area contributed by atoms with Crippen molar-refractivity contribution in [2.24, 2.45) is 5.92 Å². The van der Waals surface area contributed by atoms with Crippen molar-refractivity contribution in [1.29, 1.82) is 0 Å². The normalized spacial score (nSPS) is 7.90. The molecule has 0 atom stereocenters. The van der Waals surface area contributed by atoms with E-state index in [9.17, 15) is 4.79 Å². The predicted molar refractivity (Wildman–Crippen MR) is 33.1 cm³/mol. The second-order valence-electron chi connectivity index (χ2n) is 1.78. The Bertz CT molecular complexity index is 113. The van der Waals surface area contributed by atoms with Crippen LogP contribution >= 0.6 is 0 Å². The maximum atomic E-state index is 9.70. The third-order valence-electron chi connectivity index (χ3n) is 0.494. The van der Waals surface area contributed by atoms with Crippen LogP contribution in [-0.2, 0) is 4.79 Å². The Morgan fingerprint density at radius 3 is 1.20 bits per heavy atom. The summed E-state index contributed by atoms with van der Waals surface area (Å²) in [6, 6.07) is 0. The van der Waals surface area contributed by atoms with Crippen LogP contribution in [0.3, 0.4) is 0 Å². The summed E-state index contributed by atoms with van der Waals surface area (Å²) in [6.45, 7) is 3.28. The van der Waals surface area contributed by atoms with Crippen molar-refractivity contribution in [3.8, 4) is 0 Å². The van der Waals surface area contributed by atoms with Gasteiger partial charge in [0, 0.05) is 0 Å². The van der Waals surface area contributed by atoms with Gasteiger partial charge in [0.2, 0.25) is 0 Å². The zero-order valence-corrected chi connectivity index (χ0v) is 5.74. The summed E-state index contributed by atoms with van der Waals surface area (Å²) in [5.74, 6) is -0.972. The highest BCUT2D eigenvalue weighted by Crippen LogP contribution is 1.87. The molecule has 0 saturated carbocycles. The van der Waals surface area contributed by atoms with Gasteiger partial charge in [0.05, 0.1) is 5.92 Å². The number of rotatable bonds is 1. The van der Waals surface area contributed by atoms with Crippen molar-refractivity contribution in [3.63, 3.8) is 0 Å². The quantitative estimate of drug-likeness (QED) is 0.517. The van der Waals surface area contributed by atoms with Crippen LogP contribution in [0.25, 0.3) is 0 Å². The molecule has 0 aliphatic heterocycles. The molecular formula is C5H10O5. The summed E-state index contributed by atoms with van der Waals surface area (Å²) in [6.07, 6.45) is -1.83. The van der Waals surface area contributed by atoms with E-state index in [1.54, 1.807) is 13.8 Å². The molecule has 0 aromatic rings. The first-order valence-electron chi connectivity index (χ1n) is 2.52. The van der Waals surface area contributed by atoms with E-state index in [-0.39, 0.29) is 5.92 Å². The van der Waals surface area contributed by atoms with E-state index in [4.69, 9.17) is 20.1 Å². The Kier molecular flexibility index (Phi) is 6.76. The van der Waals surface area contributed by atoms with Gasteiger partial charge in [0.15, 0.2) is 0 Å². The largest absolute Gasteiger partial charge is 0.503 e. The lowest BCUT2D eigenvalue weighted by Crippen LogP contribution is -2.03. The number of carboxylic acid groups (broad SMARTS) is 3. The average Bonchev–Trinajstić information content (AvgIpc) is 1.63. The van der Waals surface area contributed by atoms with Crippen molar-refractivity contribution in [2.75, 3.05) is 0 Å². The van der Waals surface area contributed by atoms with Crippen LogP contribution in [0.4, 0.5) is 4.79 Å². The average molecular weight is 150 g/mol. The minimum atomic E-state index is -1.83. The molecule has 5 heteroatoms. The highest BCUT2D eigenvalue weighted by atomic mass is 16.6. The van der Waals surface area contributed by atoms with Gasteiger partial charge in [-0.05, 0) is 0 Å². The topological polar surface area (TPSA) is 94.8 Å². The standard InChI is InChI=1S/C4H8O2.CH2O3/c1-3(2)4(5)6;2-1(3)4/h3H,1-2H3,(H,5,6);(H2,2,3,4). The molecule has 0 aliphatic rings. The molecule has 0 rings (SSSR count). The molecule has 5 nitrogen and oxygen atoms in total. The monoisotopic (exact) mass is 150 g/mol. The zero-order chi connectivity index (χ0) is 8.73. The lowest BCUT2D eigenvalue weighted by molar-refractivity contribution is -0.140. The summed E-state index contributed by atoms with van der Waals surface area (Å²) in [5, 5.41) is 21.9. The van der Waals surface area contributed by atoms with E-state index in [1.165, 1.54) is 0 Å². The Morgan fingerprint density at radius 2 is 1.20 bits per heavy atom. The molecule has 0 aromatic carbocycles. The van der Waals surface area contributed by atoms with E-state index in [0.717, 1.165) is 0 Å². The molecule has 0 saturated heterocycles. The van der Waals surface area contributed by atoms with E-state index >= 15 is 0 Å². The molecule has 0 aliphatic carbocycles. The summed E-state index contributed by atoms with van der Waals surface area (Å²) >= 11 is 0. The van der Waals surface area contributed by atoms with Crippen LogP contribution < -0.4 is 0 Å². The van der Waals surface area contributed by atoms with Crippen molar-refractivity contribution in [3.05, 3.63) is 0 Å². The molecule has 3 N–H and O–H groups in total. The summed E-state index contributed by atoms with van der Waals surface area (Å²) in [7, 11) is 0. The third kappa shape index (κ3) is 29.6. The first kappa shape index (κ1) is 11.5. The highest BCUT2D eigenvalue weighted by Gasteiger charge is 1.99. The molecule has 0 radical (unpaired) electrons. The van der Waals surface area contributed by atoms with Crippen LogP contribution in [0.5, 0.6) is 0 Å². The molecule has 0 aromatic heterocycles. The fourth-order valence-electron chi connectivity index (χ4n) is 0. The Labute approximate surface area is 57.9 Å². The Hall–Kier alpha value is -1.26. The summed E-state index contributed by atoms with van der Waals surface area (Å²) in [5.41, 5.74) is 0. The van der Waals surface area contributed by atoms with E-state index in [1.807, 2.05) is 0 Å². The van der Waals surface area contributed by atoms with Gasteiger partial charge < -0.3 is 15.3 Å². The number of hydrogen-bond donors (Lipinski definition) is 3. The minimum absolute atomic E-state index is 0.231. The van der Waals surface area contributed by atoms with Gasteiger partial charge in [0.1, 0.15) is 0 Å². The minimum Gasteiger partial charge on any atom is -0.481 e. The molecule has 60 valence electrons. The van der Waals surface area contributed by atoms with Crippen LogP contribution in [0.15, 0.2) is 0 Å². The lowest BCUT2D eigenvalue weighted by Gasteiger charge is -1.89. The molecule has 0 bridgehead atoms. The molecule has 0 heterocycles. The number of hydrogen-bond acceptors (Lipinski definition) is 2. The van der Waals surface area contributed by atoms with Gasteiger partial charge in [-0.1, -0.05) is 13.8 Å². The fraction of sp³-hybridized carbons (Fsp3) is 0.600. The molecule has 0 unspecified atom stereocenters. The summed E-state index contributed by atoms with van der Waals surface area (Å²) < 4.78 is 0. The fourth-order valence-corrected chi connectivity index (χ4v) is 0. The van der Waals surface area contributed by atoms with Crippen LogP contribution in [0.1, 0.15) is 13.8 Å². The van der Waals surface area contributed by atoms with Gasteiger partial charge in [-0.3, -0.25) is 4.79 Å². The molecule has 0 fully saturated rings. The molecule has 10 heavy (non-hydrogen) atoms. The Morgan fingerprint density at radius 1 is 1.10 bits per heavy atom. The van der Waals surface area contributed by atoms with Crippen molar-refractivity contribution in [2.45, 2.75) is 13.8 Å². The second-order valence-corrected chi connectivity index (χ2v) is 1.78. The maximum Gasteiger partial charge on any atom is 0.503 e. The molecule has 0 amide bonds. The smallest absolute Gasteiger partial charge is 0.481 e. The predicted octanol–water partition coefficient (Wildman–Crippen LogP) is 0.949. The van der Waals surface area contributed by atoms with Gasteiger partial charge in [-0.2, -0.15) is 0 Å². The third-order valence-corrected chi connectivity index (χ3v) is 0.494. The first-order chi connectivity index (χ1) is 4.37. The maximum absolute atomic E-state index is 9.70. The van der Waals surface area contributed by atoms with E-state index < -0.39 is 12.1 Å². The first-order valence-corrected chi connectivity index (χ1v) is 2.52. The number of aliphatic carboxylic acids is 1. The number of carboxylic acids is 1. The molecule has 0 spiro atoms. The van der Waals surface area contributed by atoms with Crippen LogP contribution in [0, 0.1) is 5.92 Å². The van der Waals surface area contributed by atoms with E-state index in [2.05, 4.69) is 0 Å². The van der Waals surface area contributed by atoms with Gasteiger partial charge >= 0.3 is 12.1 Å². The van der Waals surface area contributed by atoms with Crippen LogP contribution in [0.2, 0.25) is 0 Å². The zero-order valence-electron chi connectivity index (χ0n) is 5.74. The van der Waals surface area contributed by atoms with E-state index in [0.29, 0.717) is 0 Å². The lowest BCUT2D eigenvalue weighted by atomic mass is 10.2. The second kappa shape index (κ2) is 5.87. The van der Waals surface area contributed by atoms with Crippen molar-refractivity contribution in [1.82, 2.24) is 0 Å². The highest BCUT2D eigenvalue weighted by molar-refractivity contribution is 5.68. The summed E-state index contributed by atoms with van der Waals surface area (Å²) in [4.78, 5) is 18.3.